The van der Waals surface area contributed by atoms with Crippen molar-refractivity contribution < 1.29 is 19.1 Å². The van der Waals surface area contributed by atoms with Crippen LogP contribution >= 0.6 is 11.3 Å². The van der Waals surface area contributed by atoms with Crippen LogP contribution in [0.5, 0.6) is 5.88 Å². The number of rotatable bonds is 8. The molecule has 3 heterocycles. The first-order chi connectivity index (χ1) is 17.2. The summed E-state index contributed by atoms with van der Waals surface area (Å²) in [5.41, 5.74) is 1.86. The molecule has 0 unspecified atom stereocenters. The standard InChI is InChI=1S/C25H28N6O4S/c1-5-20(32)30-18-11-16(13-27-25(18)35-9-8-31(3)4)29-23(33)15-6-7-19-17(10-15)21-22(36-19)24(34)28-14(2)12-26-21/h5-7,10-11,13-14,26H,1,8-9,12H2,2-4H3,(H,28,34)(H,29,33)(H,30,32)/t14-/m1/s1. The van der Waals surface area contributed by atoms with E-state index in [9.17, 15) is 14.4 Å². The number of thiophene rings is 1. The molecular formula is C25H28N6O4S. The van der Waals surface area contributed by atoms with Crippen LogP contribution < -0.4 is 26.0 Å². The van der Waals surface area contributed by atoms with Crippen LogP contribution in [-0.4, -0.2) is 67.4 Å². The van der Waals surface area contributed by atoms with E-state index in [-0.39, 0.29) is 23.7 Å². The van der Waals surface area contributed by atoms with Gasteiger partial charge in [0.2, 0.25) is 11.8 Å². The number of carbonyl (C=O) groups excluding carboxylic acids is 3. The maximum Gasteiger partial charge on any atom is 0.263 e. The first-order valence-electron chi connectivity index (χ1n) is 11.4. The molecule has 3 amide bonds. The summed E-state index contributed by atoms with van der Waals surface area (Å²) in [5, 5.41) is 12.6. The van der Waals surface area contributed by atoms with Gasteiger partial charge in [0.05, 0.1) is 17.6 Å². The molecule has 36 heavy (non-hydrogen) atoms. The monoisotopic (exact) mass is 508 g/mol. The lowest BCUT2D eigenvalue weighted by molar-refractivity contribution is -0.111. The van der Waals surface area contributed by atoms with Gasteiger partial charge in [-0.1, -0.05) is 6.58 Å². The molecule has 0 spiro atoms. The predicted octanol–water partition coefficient (Wildman–Crippen LogP) is 3.16. The van der Waals surface area contributed by atoms with E-state index in [0.29, 0.717) is 41.5 Å². The van der Waals surface area contributed by atoms with E-state index in [1.807, 2.05) is 32.0 Å². The quantitative estimate of drug-likeness (QED) is 0.345. The van der Waals surface area contributed by atoms with Crippen LogP contribution in [0.15, 0.2) is 43.1 Å². The highest BCUT2D eigenvalue weighted by Crippen LogP contribution is 2.37. The third-order valence-electron chi connectivity index (χ3n) is 5.45. The molecule has 0 bridgehead atoms. The molecule has 10 nitrogen and oxygen atoms in total. The minimum atomic E-state index is -0.424. The number of likely N-dealkylation sites (N-methyl/N-ethyl adjacent to an activating group) is 1. The third-order valence-corrected chi connectivity index (χ3v) is 6.62. The number of fused-ring (bicyclic) bond motifs is 3. The molecule has 1 aliphatic heterocycles. The van der Waals surface area contributed by atoms with E-state index >= 15 is 0 Å². The zero-order chi connectivity index (χ0) is 25.8. The Bertz CT molecular complexity index is 1340. The van der Waals surface area contributed by atoms with Crippen molar-refractivity contribution in [3.05, 3.63) is 53.6 Å². The molecule has 2 aromatic heterocycles. The van der Waals surface area contributed by atoms with Crippen LogP contribution in [0, 0.1) is 0 Å². The molecule has 1 aromatic carbocycles. The molecule has 11 heteroatoms. The highest BCUT2D eigenvalue weighted by atomic mass is 32.1. The first-order valence-corrected chi connectivity index (χ1v) is 12.2. The molecule has 188 valence electrons. The van der Waals surface area contributed by atoms with Crippen LogP contribution in [0.25, 0.3) is 10.1 Å². The second-order valence-electron chi connectivity index (χ2n) is 8.65. The Balaban J connectivity index is 1.57. The van der Waals surface area contributed by atoms with Gasteiger partial charge in [-0.2, -0.15) is 0 Å². The van der Waals surface area contributed by atoms with Crippen molar-refractivity contribution >= 4 is 56.2 Å². The second-order valence-corrected chi connectivity index (χ2v) is 9.70. The summed E-state index contributed by atoms with van der Waals surface area (Å²) in [7, 11) is 3.85. The molecule has 0 saturated carbocycles. The minimum absolute atomic E-state index is 0.00302. The predicted molar refractivity (Wildman–Crippen MR) is 142 cm³/mol. The van der Waals surface area contributed by atoms with Gasteiger partial charge in [0.15, 0.2) is 0 Å². The van der Waals surface area contributed by atoms with Crippen LogP contribution in [0.2, 0.25) is 0 Å². The highest BCUT2D eigenvalue weighted by Gasteiger charge is 2.24. The Morgan fingerprint density at radius 2 is 2.11 bits per heavy atom. The molecule has 1 aliphatic rings. The number of hydrogen-bond acceptors (Lipinski definition) is 8. The Morgan fingerprint density at radius 1 is 1.31 bits per heavy atom. The number of aromatic nitrogens is 1. The fraction of sp³-hybridized carbons (Fsp3) is 0.280. The smallest absolute Gasteiger partial charge is 0.263 e. The number of nitrogens with one attached hydrogen (secondary N) is 4. The number of nitrogens with zero attached hydrogens (tertiary/aromatic N) is 2. The average Bonchev–Trinajstić information content (AvgIpc) is 3.14. The lowest BCUT2D eigenvalue weighted by Crippen LogP contribution is -2.34. The number of benzene rings is 1. The highest BCUT2D eigenvalue weighted by molar-refractivity contribution is 7.21. The fourth-order valence-electron chi connectivity index (χ4n) is 3.61. The molecule has 0 radical (unpaired) electrons. The average molecular weight is 509 g/mol. The van der Waals surface area contributed by atoms with Gasteiger partial charge in [0.25, 0.3) is 11.8 Å². The number of ether oxygens (including phenoxy) is 1. The van der Waals surface area contributed by atoms with Gasteiger partial charge in [0.1, 0.15) is 17.2 Å². The van der Waals surface area contributed by atoms with E-state index in [1.165, 1.54) is 17.5 Å². The fourth-order valence-corrected chi connectivity index (χ4v) is 4.67. The van der Waals surface area contributed by atoms with Gasteiger partial charge in [-0.05, 0) is 51.4 Å². The van der Waals surface area contributed by atoms with Crippen molar-refractivity contribution in [1.29, 1.82) is 0 Å². The largest absolute Gasteiger partial charge is 0.475 e. The van der Waals surface area contributed by atoms with Crippen molar-refractivity contribution in [3.63, 3.8) is 0 Å². The molecule has 4 N–H and O–H groups in total. The zero-order valence-corrected chi connectivity index (χ0v) is 21.1. The molecule has 1 atom stereocenters. The molecule has 0 aliphatic carbocycles. The topological polar surface area (TPSA) is 125 Å². The molecule has 0 saturated heterocycles. The van der Waals surface area contributed by atoms with E-state index in [0.717, 1.165) is 21.8 Å². The van der Waals surface area contributed by atoms with Gasteiger partial charge in [0, 0.05) is 34.8 Å². The van der Waals surface area contributed by atoms with Crippen LogP contribution in [0.4, 0.5) is 17.1 Å². The molecular weight excluding hydrogens is 480 g/mol. The van der Waals surface area contributed by atoms with Crippen molar-refractivity contribution in [2.24, 2.45) is 0 Å². The number of amides is 3. The van der Waals surface area contributed by atoms with Crippen LogP contribution in [0.3, 0.4) is 0 Å². The number of carbonyl (C=O) groups is 3. The zero-order valence-electron chi connectivity index (χ0n) is 20.3. The molecule has 3 aromatic rings. The summed E-state index contributed by atoms with van der Waals surface area (Å²) < 4.78 is 6.61. The molecule has 4 rings (SSSR count). The van der Waals surface area contributed by atoms with Gasteiger partial charge >= 0.3 is 0 Å². The summed E-state index contributed by atoms with van der Waals surface area (Å²) in [5.74, 6) is -0.659. The summed E-state index contributed by atoms with van der Waals surface area (Å²) in [4.78, 5) is 44.4. The van der Waals surface area contributed by atoms with Crippen molar-refractivity contribution in [2.75, 3.05) is 49.7 Å². The van der Waals surface area contributed by atoms with E-state index in [4.69, 9.17) is 4.74 Å². The summed E-state index contributed by atoms with van der Waals surface area (Å²) in [6, 6.07) is 6.89. The van der Waals surface area contributed by atoms with E-state index in [2.05, 4.69) is 32.8 Å². The van der Waals surface area contributed by atoms with Crippen molar-refractivity contribution in [3.8, 4) is 5.88 Å². The van der Waals surface area contributed by atoms with Crippen molar-refractivity contribution in [2.45, 2.75) is 13.0 Å². The lowest BCUT2D eigenvalue weighted by Gasteiger charge is -2.15. The Hall–Kier alpha value is -3.96. The van der Waals surface area contributed by atoms with Crippen molar-refractivity contribution in [1.82, 2.24) is 15.2 Å². The van der Waals surface area contributed by atoms with Gasteiger partial charge < -0.3 is 30.9 Å². The first kappa shape index (κ1) is 25.1. The number of pyridine rings is 1. The minimum Gasteiger partial charge on any atom is -0.475 e. The van der Waals surface area contributed by atoms with Gasteiger partial charge in [-0.25, -0.2) is 4.98 Å². The van der Waals surface area contributed by atoms with Gasteiger partial charge in [-0.15, -0.1) is 11.3 Å². The third kappa shape index (κ3) is 5.64. The lowest BCUT2D eigenvalue weighted by atomic mass is 10.1. The molecule has 0 fully saturated rings. The summed E-state index contributed by atoms with van der Waals surface area (Å²) in [6.07, 6.45) is 2.61. The second kappa shape index (κ2) is 10.8. The SMILES string of the molecule is C=CC(=O)Nc1cc(NC(=O)c2ccc3sc4c(c3c2)NC[C@@H](C)NC4=O)cnc1OCCN(C)C. The Kier molecular flexibility index (Phi) is 7.51. The van der Waals surface area contributed by atoms with E-state index in [1.54, 1.807) is 18.2 Å². The summed E-state index contributed by atoms with van der Waals surface area (Å²) >= 11 is 1.39. The number of anilines is 3. The Morgan fingerprint density at radius 3 is 2.86 bits per heavy atom. The normalized spacial score (nSPS) is 14.9. The number of hydrogen-bond donors (Lipinski definition) is 4. The van der Waals surface area contributed by atoms with E-state index < -0.39 is 5.91 Å². The van der Waals surface area contributed by atoms with Gasteiger partial charge in [-0.3, -0.25) is 14.4 Å². The van der Waals surface area contributed by atoms with Crippen LogP contribution in [-0.2, 0) is 4.79 Å². The van der Waals surface area contributed by atoms with Crippen LogP contribution in [0.1, 0.15) is 27.0 Å². The summed E-state index contributed by atoms with van der Waals surface area (Å²) in [6.45, 7) is 7.03. The Labute approximate surface area is 212 Å². The maximum atomic E-state index is 13.1. The maximum absolute atomic E-state index is 13.1.